The summed E-state index contributed by atoms with van der Waals surface area (Å²) in [7, 11) is -3.59. The fourth-order valence-corrected chi connectivity index (χ4v) is 3.33. The van der Waals surface area contributed by atoms with E-state index in [0.29, 0.717) is 12.4 Å². The van der Waals surface area contributed by atoms with Gasteiger partial charge in [0.25, 0.3) is 0 Å². The highest BCUT2D eigenvalue weighted by atomic mass is 32.2. The Balaban J connectivity index is 1.67. The Morgan fingerprint density at radius 1 is 1.08 bits per heavy atom. The molecule has 0 amide bonds. The molecule has 0 fully saturated rings. The van der Waals surface area contributed by atoms with E-state index in [2.05, 4.69) is 9.82 Å². The van der Waals surface area contributed by atoms with E-state index in [4.69, 9.17) is 4.74 Å². The number of aromatic nitrogens is 2. The molecule has 130 valence electrons. The molecule has 1 heterocycles. The van der Waals surface area contributed by atoms with Crippen LogP contribution in [-0.2, 0) is 16.6 Å². The van der Waals surface area contributed by atoms with Crippen molar-refractivity contribution in [3.63, 3.8) is 0 Å². The summed E-state index contributed by atoms with van der Waals surface area (Å²) in [6.45, 7) is 2.58. The van der Waals surface area contributed by atoms with E-state index >= 15 is 0 Å². The number of ether oxygens (including phenoxy) is 1. The highest BCUT2D eigenvalue weighted by Gasteiger charge is 2.14. The molecule has 7 heteroatoms. The summed E-state index contributed by atoms with van der Waals surface area (Å²) in [5, 5.41) is 4.26. The van der Waals surface area contributed by atoms with Gasteiger partial charge in [0.15, 0.2) is 0 Å². The topological polar surface area (TPSA) is 73.2 Å². The van der Waals surface area contributed by atoms with Gasteiger partial charge in [-0.25, -0.2) is 17.8 Å². The van der Waals surface area contributed by atoms with Crippen molar-refractivity contribution in [1.82, 2.24) is 14.5 Å². The number of hydrogen-bond acceptors (Lipinski definition) is 4. The molecule has 0 unspecified atom stereocenters. The molecule has 0 spiro atoms. The third-order valence-corrected chi connectivity index (χ3v) is 4.99. The third kappa shape index (κ3) is 4.26. The number of para-hydroxylation sites is 1. The Morgan fingerprint density at radius 3 is 2.48 bits per heavy atom. The van der Waals surface area contributed by atoms with Crippen LogP contribution in [0.4, 0.5) is 0 Å². The molecule has 0 bridgehead atoms. The van der Waals surface area contributed by atoms with E-state index in [1.165, 1.54) is 12.1 Å². The number of nitrogens with one attached hydrogen (secondary N) is 1. The third-order valence-electron chi connectivity index (χ3n) is 3.57. The van der Waals surface area contributed by atoms with Crippen LogP contribution in [0, 0.1) is 0 Å². The standard InChI is InChI=1S/C18H19N3O3S/c1-2-24-17-8-10-18(11-9-17)25(22,23)20-13-15-12-19-21(14-15)16-6-4-3-5-7-16/h3-12,14,20H,2,13H2,1H3. The molecule has 0 atom stereocenters. The molecule has 1 N–H and O–H groups in total. The number of rotatable bonds is 7. The van der Waals surface area contributed by atoms with Gasteiger partial charge >= 0.3 is 0 Å². The summed E-state index contributed by atoms with van der Waals surface area (Å²) in [6.07, 6.45) is 3.45. The second kappa shape index (κ2) is 7.50. The number of sulfonamides is 1. The van der Waals surface area contributed by atoms with E-state index in [1.807, 2.05) is 37.3 Å². The normalized spacial score (nSPS) is 11.4. The van der Waals surface area contributed by atoms with E-state index in [1.54, 1.807) is 29.2 Å². The predicted molar refractivity (Wildman–Crippen MR) is 95.2 cm³/mol. The molecule has 25 heavy (non-hydrogen) atoms. The first-order valence-corrected chi connectivity index (χ1v) is 9.38. The molecule has 2 aromatic carbocycles. The SMILES string of the molecule is CCOc1ccc(S(=O)(=O)NCc2cnn(-c3ccccc3)c2)cc1. The summed E-state index contributed by atoms with van der Waals surface area (Å²) in [4.78, 5) is 0.200. The zero-order valence-corrected chi connectivity index (χ0v) is 14.6. The molecule has 3 aromatic rings. The van der Waals surface area contributed by atoms with Gasteiger partial charge in [-0.05, 0) is 43.3 Å². The van der Waals surface area contributed by atoms with Crippen LogP contribution in [0.1, 0.15) is 12.5 Å². The maximum atomic E-state index is 12.4. The largest absolute Gasteiger partial charge is 0.494 e. The van der Waals surface area contributed by atoms with Gasteiger partial charge in [-0.2, -0.15) is 5.10 Å². The van der Waals surface area contributed by atoms with Crippen molar-refractivity contribution >= 4 is 10.0 Å². The molecule has 0 saturated heterocycles. The van der Waals surface area contributed by atoms with Crippen molar-refractivity contribution < 1.29 is 13.2 Å². The Labute approximate surface area is 147 Å². The second-order valence-electron chi connectivity index (χ2n) is 5.36. The highest BCUT2D eigenvalue weighted by Crippen LogP contribution is 2.16. The lowest BCUT2D eigenvalue weighted by Crippen LogP contribution is -2.23. The zero-order valence-electron chi connectivity index (χ0n) is 13.8. The van der Waals surface area contributed by atoms with Crippen molar-refractivity contribution in [2.75, 3.05) is 6.61 Å². The Bertz CT molecular complexity index is 920. The Morgan fingerprint density at radius 2 is 1.80 bits per heavy atom. The summed E-state index contributed by atoms with van der Waals surface area (Å²) >= 11 is 0. The maximum absolute atomic E-state index is 12.4. The van der Waals surface area contributed by atoms with Crippen LogP contribution in [0.3, 0.4) is 0 Å². The Kier molecular flexibility index (Phi) is 5.16. The van der Waals surface area contributed by atoms with E-state index in [-0.39, 0.29) is 11.4 Å². The van der Waals surface area contributed by atoms with Crippen LogP contribution in [0.15, 0.2) is 71.9 Å². The molecule has 0 aliphatic heterocycles. The molecule has 0 radical (unpaired) electrons. The highest BCUT2D eigenvalue weighted by molar-refractivity contribution is 7.89. The minimum absolute atomic E-state index is 0.169. The number of benzene rings is 2. The van der Waals surface area contributed by atoms with Crippen LogP contribution >= 0.6 is 0 Å². The quantitative estimate of drug-likeness (QED) is 0.706. The summed E-state index contributed by atoms with van der Waals surface area (Å²) in [5.74, 6) is 0.644. The van der Waals surface area contributed by atoms with Crippen molar-refractivity contribution in [2.24, 2.45) is 0 Å². The smallest absolute Gasteiger partial charge is 0.240 e. The van der Waals surface area contributed by atoms with Crippen molar-refractivity contribution in [2.45, 2.75) is 18.4 Å². The molecule has 6 nitrogen and oxygen atoms in total. The van der Waals surface area contributed by atoms with E-state index in [0.717, 1.165) is 11.3 Å². The summed E-state index contributed by atoms with van der Waals surface area (Å²) in [6, 6.07) is 16.0. The minimum Gasteiger partial charge on any atom is -0.494 e. The lowest BCUT2D eigenvalue weighted by Gasteiger charge is -2.07. The first-order chi connectivity index (χ1) is 12.1. The van der Waals surface area contributed by atoms with Crippen LogP contribution in [0.5, 0.6) is 5.75 Å². The number of hydrogen-bond donors (Lipinski definition) is 1. The molecular weight excluding hydrogens is 338 g/mol. The van der Waals surface area contributed by atoms with E-state index < -0.39 is 10.0 Å². The average Bonchev–Trinajstić information content (AvgIpc) is 3.11. The van der Waals surface area contributed by atoms with Gasteiger partial charge < -0.3 is 4.74 Å². The second-order valence-corrected chi connectivity index (χ2v) is 7.12. The van der Waals surface area contributed by atoms with E-state index in [9.17, 15) is 8.42 Å². The van der Waals surface area contributed by atoms with Crippen molar-refractivity contribution in [3.05, 3.63) is 72.6 Å². The molecule has 0 aliphatic carbocycles. The van der Waals surface area contributed by atoms with Gasteiger partial charge in [-0.3, -0.25) is 0 Å². The maximum Gasteiger partial charge on any atom is 0.240 e. The van der Waals surface area contributed by atoms with Crippen LogP contribution < -0.4 is 9.46 Å². The first-order valence-electron chi connectivity index (χ1n) is 7.90. The monoisotopic (exact) mass is 357 g/mol. The van der Waals surface area contributed by atoms with Crippen LogP contribution in [0.2, 0.25) is 0 Å². The molecule has 3 rings (SSSR count). The molecule has 0 saturated carbocycles. The fraction of sp³-hybridized carbons (Fsp3) is 0.167. The van der Waals surface area contributed by atoms with Crippen LogP contribution in [-0.4, -0.2) is 24.8 Å². The van der Waals surface area contributed by atoms with Gasteiger partial charge in [0.1, 0.15) is 5.75 Å². The predicted octanol–water partition coefficient (Wildman–Crippen LogP) is 2.75. The van der Waals surface area contributed by atoms with Crippen molar-refractivity contribution in [3.8, 4) is 11.4 Å². The lowest BCUT2D eigenvalue weighted by atomic mass is 10.3. The lowest BCUT2D eigenvalue weighted by molar-refractivity contribution is 0.340. The van der Waals surface area contributed by atoms with Crippen molar-refractivity contribution in [1.29, 1.82) is 0 Å². The molecular formula is C18H19N3O3S. The molecule has 1 aromatic heterocycles. The van der Waals surface area contributed by atoms with Gasteiger partial charge in [0.2, 0.25) is 10.0 Å². The summed E-state index contributed by atoms with van der Waals surface area (Å²) in [5.41, 5.74) is 1.70. The molecule has 0 aliphatic rings. The van der Waals surface area contributed by atoms with Gasteiger partial charge in [0, 0.05) is 18.3 Å². The number of nitrogens with zero attached hydrogens (tertiary/aromatic N) is 2. The van der Waals surface area contributed by atoms with Crippen LogP contribution in [0.25, 0.3) is 5.69 Å². The van der Waals surface area contributed by atoms with Gasteiger partial charge in [-0.1, -0.05) is 18.2 Å². The average molecular weight is 357 g/mol. The van der Waals surface area contributed by atoms with Gasteiger partial charge in [-0.15, -0.1) is 0 Å². The fourth-order valence-electron chi connectivity index (χ4n) is 2.32. The van der Waals surface area contributed by atoms with Gasteiger partial charge in [0.05, 0.1) is 23.4 Å². The summed E-state index contributed by atoms with van der Waals surface area (Å²) < 4.78 is 34.4. The Hall–Kier alpha value is -2.64. The first kappa shape index (κ1) is 17.2. The zero-order chi connectivity index (χ0) is 17.7. The minimum atomic E-state index is -3.59.